The summed E-state index contributed by atoms with van der Waals surface area (Å²) in [6.45, 7) is 0. The summed E-state index contributed by atoms with van der Waals surface area (Å²) in [5.41, 5.74) is 10.1. The van der Waals surface area contributed by atoms with Crippen molar-refractivity contribution in [1.82, 2.24) is 10.5 Å². The number of hydrogen-bond acceptors (Lipinski definition) is 4. The van der Waals surface area contributed by atoms with Gasteiger partial charge < -0.3 is 15.6 Å². The third kappa shape index (κ3) is 2.94. The monoisotopic (exact) mass is 347 g/mol. The number of hydrogen-bond donors (Lipinski definition) is 2. The number of nitrogens with zero attached hydrogens (tertiary/aromatic N) is 1. The Morgan fingerprint density at radius 1 is 1.21 bits per heavy atom. The largest absolute Gasteiger partial charge is 0.360 e. The lowest BCUT2D eigenvalue weighted by atomic mass is 10.1. The van der Waals surface area contributed by atoms with Crippen LogP contribution in [0, 0.1) is 0 Å². The van der Waals surface area contributed by atoms with Gasteiger partial charge in [-0.2, -0.15) is 0 Å². The van der Waals surface area contributed by atoms with Gasteiger partial charge in [-0.3, -0.25) is 4.79 Å². The van der Waals surface area contributed by atoms with Crippen LogP contribution in [-0.2, 0) is 19.3 Å². The molecule has 0 saturated carbocycles. The minimum Gasteiger partial charge on any atom is -0.360 e. The van der Waals surface area contributed by atoms with Crippen LogP contribution in [0.2, 0.25) is 0 Å². The molecule has 0 fully saturated rings. The van der Waals surface area contributed by atoms with Gasteiger partial charge in [-0.25, -0.2) is 0 Å². The fourth-order valence-corrected chi connectivity index (χ4v) is 3.74. The van der Waals surface area contributed by atoms with Crippen LogP contribution in [0.5, 0.6) is 0 Å². The van der Waals surface area contributed by atoms with Gasteiger partial charge in [0.1, 0.15) is 5.76 Å². The number of carbonyl (C=O) groups is 1. The number of rotatable bonds is 2. The number of benzene rings is 1. The minimum atomic E-state index is -0.166. The molecular formula is C18H22ClN3O2. The maximum absolute atomic E-state index is 12.7. The van der Waals surface area contributed by atoms with Crippen molar-refractivity contribution in [1.29, 1.82) is 0 Å². The van der Waals surface area contributed by atoms with Gasteiger partial charge in [0, 0.05) is 12.0 Å². The zero-order valence-electron chi connectivity index (χ0n) is 13.5. The molecule has 5 nitrogen and oxygen atoms in total. The zero-order chi connectivity index (χ0) is 15.8. The topological polar surface area (TPSA) is 81.1 Å². The second kappa shape index (κ2) is 6.95. The van der Waals surface area contributed by atoms with E-state index in [1.807, 2.05) is 18.2 Å². The van der Waals surface area contributed by atoms with Crippen LogP contribution >= 0.6 is 12.4 Å². The summed E-state index contributed by atoms with van der Waals surface area (Å²) in [4.78, 5) is 12.7. The van der Waals surface area contributed by atoms with E-state index in [0.717, 1.165) is 49.0 Å². The maximum Gasteiger partial charge on any atom is 0.274 e. The molecule has 24 heavy (non-hydrogen) atoms. The highest BCUT2D eigenvalue weighted by Crippen LogP contribution is 2.30. The highest BCUT2D eigenvalue weighted by Gasteiger charge is 2.32. The Morgan fingerprint density at radius 2 is 2.00 bits per heavy atom. The van der Waals surface area contributed by atoms with Gasteiger partial charge in [-0.05, 0) is 36.8 Å². The second-order valence-electron chi connectivity index (χ2n) is 6.50. The molecule has 2 aliphatic carbocycles. The van der Waals surface area contributed by atoms with Gasteiger partial charge in [-0.1, -0.05) is 35.8 Å². The van der Waals surface area contributed by atoms with Crippen molar-refractivity contribution < 1.29 is 9.32 Å². The lowest BCUT2D eigenvalue weighted by Crippen LogP contribution is -2.41. The quantitative estimate of drug-likeness (QED) is 0.818. The third-order valence-corrected chi connectivity index (χ3v) is 5.02. The Labute approximate surface area is 147 Å². The predicted octanol–water partition coefficient (Wildman–Crippen LogP) is 2.72. The average Bonchev–Trinajstić information content (AvgIpc) is 3.01. The van der Waals surface area contributed by atoms with E-state index in [1.54, 1.807) is 0 Å². The first-order valence-electron chi connectivity index (χ1n) is 8.35. The summed E-state index contributed by atoms with van der Waals surface area (Å²) >= 11 is 0. The molecule has 1 amide bonds. The first kappa shape index (κ1) is 17.0. The van der Waals surface area contributed by atoms with Crippen molar-refractivity contribution in [3.8, 4) is 0 Å². The Kier molecular flexibility index (Phi) is 4.92. The van der Waals surface area contributed by atoms with Gasteiger partial charge in [0.25, 0.3) is 5.91 Å². The minimum absolute atomic E-state index is 0. The van der Waals surface area contributed by atoms with Crippen LogP contribution in [-0.4, -0.2) is 17.1 Å². The number of halogens is 1. The normalized spacial score (nSPS) is 22.0. The molecule has 0 spiro atoms. The summed E-state index contributed by atoms with van der Waals surface area (Å²) in [7, 11) is 0. The fraction of sp³-hybridized carbons (Fsp3) is 0.444. The van der Waals surface area contributed by atoms with E-state index in [-0.39, 0.29) is 30.4 Å². The predicted molar refractivity (Wildman–Crippen MR) is 93.3 cm³/mol. The molecule has 3 N–H and O–H groups in total. The number of amides is 1. The van der Waals surface area contributed by atoms with Crippen LogP contribution in [0.4, 0.5) is 0 Å². The number of nitrogens with one attached hydrogen (secondary N) is 1. The molecule has 2 aliphatic rings. The molecule has 128 valence electrons. The smallest absolute Gasteiger partial charge is 0.274 e. The van der Waals surface area contributed by atoms with E-state index in [2.05, 4.69) is 16.5 Å². The number of fused-ring (bicyclic) bond motifs is 2. The summed E-state index contributed by atoms with van der Waals surface area (Å²) in [6, 6.07) is 7.85. The summed E-state index contributed by atoms with van der Waals surface area (Å²) in [5.74, 6) is 0.719. The van der Waals surface area contributed by atoms with Crippen LogP contribution in [0.25, 0.3) is 0 Å². The van der Waals surface area contributed by atoms with Crippen LogP contribution in [0.1, 0.15) is 58.2 Å². The van der Waals surface area contributed by atoms with Crippen molar-refractivity contribution >= 4 is 18.3 Å². The van der Waals surface area contributed by atoms with Gasteiger partial charge in [0.15, 0.2) is 5.69 Å². The maximum atomic E-state index is 12.7. The SMILES string of the molecule is Cl.N[C@@H]1c2ccccc2C[C@H]1NC(=O)c1noc2c1CCCCC2. The van der Waals surface area contributed by atoms with Crippen LogP contribution in [0.3, 0.4) is 0 Å². The van der Waals surface area contributed by atoms with E-state index in [0.29, 0.717) is 5.69 Å². The first-order chi connectivity index (χ1) is 11.2. The Balaban J connectivity index is 0.00000169. The molecule has 4 rings (SSSR count). The van der Waals surface area contributed by atoms with Crippen LogP contribution < -0.4 is 11.1 Å². The Hall–Kier alpha value is -1.85. The molecule has 0 saturated heterocycles. The van der Waals surface area contributed by atoms with Gasteiger partial charge in [0.2, 0.25) is 0 Å². The molecule has 0 aliphatic heterocycles. The molecule has 2 atom stereocenters. The zero-order valence-corrected chi connectivity index (χ0v) is 14.3. The molecule has 2 aromatic rings. The summed E-state index contributed by atoms with van der Waals surface area (Å²) < 4.78 is 5.40. The van der Waals surface area contributed by atoms with Gasteiger partial charge >= 0.3 is 0 Å². The molecular weight excluding hydrogens is 326 g/mol. The lowest BCUT2D eigenvalue weighted by Gasteiger charge is -2.17. The fourth-order valence-electron chi connectivity index (χ4n) is 3.74. The Bertz CT molecular complexity index is 744. The van der Waals surface area contributed by atoms with Gasteiger partial charge in [-0.15, -0.1) is 12.4 Å². The summed E-state index contributed by atoms with van der Waals surface area (Å²) in [6.07, 6.45) is 5.88. The van der Waals surface area contributed by atoms with Crippen molar-refractivity contribution in [2.24, 2.45) is 5.73 Å². The first-order valence-corrected chi connectivity index (χ1v) is 8.35. The van der Waals surface area contributed by atoms with Crippen LogP contribution in [0.15, 0.2) is 28.8 Å². The van der Waals surface area contributed by atoms with E-state index in [4.69, 9.17) is 10.3 Å². The molecule has 1 heterocycles. The number of carbonyl (C=O) groups excluding carboxylic acids is 1. The van der Waals surface area contributed by atoms with Gasteiger partial charge in [0.05, 0.1) is 12.1 Å². The van der Waals surface area contributed by atoms with E-state index in [1.165, 1.54) is 12.0 Å². The molecule has 1 aromatic heterocycles. The summed E-state index contributed by atoms with van der Waals surface area (Å²) in [5, 5.41) is 7.09. The lowest BCUT2D eigenvalue weighted by molar-refractivity contribution is 0.0923. The Morgan fingerprint density at radius 3 is 2.83 bits per heavy atom. The molecule has 0 unspecified atom stereocenters. The van der Waals surface area contributed by atoms with Crippen molar-refractivity contribution in [3.05, 3.63) is 52.4 Å². The number of nitrogens with two attached hydrogens (primary N) is 1. The number of aromatic nitrogens is 1. The molecule has 0 radical (unpaired) electrons. The third-order valence-electron chi connectivity index (χ3n) is 5.02. The van der Waals surface area contributed by atoms with Crippen molar-refractivity contribution in [2.45, 2.75) is 50.6 Å². The highest BCUT2D eigenvalue weighted by atomic mass is 35.5. The van der Waals surface area contributed by atoms with E-state index >= 15 is 0 Å². The molecule has 6 heteroatoms. The second-order valence-corrected chi connectivity index (χ2v) is 6.50. The molecule has 1 aromatic carbocycles. The van der Waals surface area contributed by atoms with E-state index < -0.39 is 0 Å². The standard InChI is InChI=1S/C18H21N3O2.ClH/c19-16-12-7-5-4-6-11(12)10-14(16)20-18(22)17-13-8-2-1-3-9-15(13)23-21-17;/h4-7,14,16H,1-3,8-10,19H2,(H,20,22);1H/t14-,16-;/m1./s1. The van der Waals surface area contributed by atoms with Crippen molar-refractivity contribution in [3.63, 3.8) is 0 Å². The molecule has 0 bridgehead atoms. The number of aryl methyl sites for hydroxylation is 1. The van der Waals surface area contributed by atoms with Crippen molar-refractivity contribution in [2.75, 3.05) is 0 Å². The van der Waals surface area contributed by atoms with E-state index in [9.17, 15) is 4.79 Å². The average molecular weight is 348 g/mol. The highest BCUT2D eigenvalue weighted by molar-refractivity contribution is 5.94.